The van der Waals surface area contributed by atoms with E-state index in [1.165, 1.54) is 25.3 Å². The lowest BCUT2D eigenvalue weighted by molar-refractivity contribution is 0.391. The highest BCUT2D eigenvalue weighted by Crippen LogP contribution is 2.32. The molecule has 0 bridgehead atoms. The molecule has 6 nitrogen and oxygen atoms in total. The van der Waals surface area contributed by atoms with Crippen LogP contribution < -0.4 is 14.3 Å². The van der Waals surface area contributed by atoms with Gasteiger partial charge in [-0.05, 0) is 36.8 Å². The van der Waals surface area contributed by atoms with Gasteiger partial charge in [0.2, 0.25) is 0 Å². The molecule has 0 aliphatic rings. The molecule has 0 radical (unpaired) electrons. The molecule has 3 rings (SSSR count). The average Bonchev–Trinajstić information content (AvgIpc) is 2.73. The second-order valence-corrected chi connectivity index (χ2v) is 7.44. The van der Waals surface area contributed by atoms with Crippen LogP contribution in [-0.2, 0) is 10.1 Å². The predicted octanol–water partition coefficient (Wildman–Crippen LogP) is 4.30. The van der Waals surface area contributed by atoms with E-state index in [4.69, 9.17) is 8.92 Å². The average molecular weight is 396 g/mol. The van der Waals surface area contributed by atoms with Crippen molar-refractivity contribution in [3.05, 3.63) is 84.4 Å². The van der Waals surface area contributed by atoms with Gasteiger partial charge in [0.25, 0.3) is 0 Å². The van der Waals surface area contributed by atoms with Crippen molar-refractivity contribution in [2.75, 3.05) is 12.5 Å². The van der Waals surface area contributed by atoms with Crippen LogP contribution in [0.2, 0.25) is 0 Å². The molecule has 0 saturated heterocycles. The summed E-state index contributed by atoms with van der Waals surface area (Å²) in [5.41, 5.74) is 5.39. The molecule has 0 atom stereocenters. The van der Waals surface area contributed by atoms with Crippen LogP contribution in [-0.4, -0.2) is 21.2 Å². The maximum Gasteiger partial charge on any atom is 0.339 e. The molecule has 0 aliphatic carbocycles. The minimum Gasteiger partial charge on any atom is -0.493 e. The van der Waals surface area contributed by atoms with Gasteiger partial charge in [-0.25, -0.2) is 0 Å². The largest absolute Gasteiger partial charge is 0.493 e. The molecule has 0 fully saturated rings. The summed E-state index contributed by atoms with van der Waals surface area (Å²) in [5, 5.41) is 4.34. The highest BCUT2D eigenvalue weighted by Gasteiger charge is 2.19. The van der Waals surface area contributed by atoms with Crippen molar-refractivity contribution >= 4 is 21.5 Å². The quantitative estimate of drug-likeness (QED) is 0.366. The summed E-state index contributed by atoms with van der Waals surface area (Å²) in [6, 6.07) is 22.5. The number of anilines is 1. The summed E-state index contributed by atoms with van der Waals surface area (Å²) < 4.78 is 35.3. The van der Waals surface area contributed by atoms with Crippen LogP contribution in [0.5, 0.6) is 11.5 Å². The lowest BCUT2D eigenvalue weighted by Crippen LogP contribution is -2.10. The Balaban J connectivity index is 1.79. The summed E-state index contributed by atoms with van der Waals surface area (Å²) in [5.74, 6) is 0.373. The maximum absolute atomic E-state index is 12.4. The summed E-state index contributed by atoms with van der Waals surface area (Å²) in [6.07, 6.45) is 0. The van der Waals surface area contributed by atoms with E-state index in [-0.39, 0.29) is 16.4 Å². The number of hydrogen-bond acceptors (Lipinski definition) is 6. The van der Waals surface area contributed by atoms with Crippen LogP contribution in [0.15, 0.2) is 88.9 Å². The monoisotopic (exact) mass is 396 g/mol. The van der Waals surface area contributed by atoms with Crippen molar-refractivity contribution in [3.63, 3.8) is 0 Å². The molecule has 0 unspecified atom stereocenters. The van der Waals surface area contributed by atoms with Crippen molar-refractivity contribution < 1.29 is 17.3 Å². The molecule has 1 N–H and O–H groups in total. The van der Waals surface area contributed by atoms with Crippen LogP contribution in [0.3, 0.4) is 0 Å². The first-order valence-corrected chi connectivity index (χ1v) is 9.94. The van der Waals surface area contributed by atoms with E-state index >= 15 is 0 Å². The Bertz CT molecular complexity index is 1070. The molecule has 3 aromatic rings. The zero-order valence-electron chi connectivity index (χ0n) is 15.5. The van der Waals surface area contributed by atoms with Crippen LogP contribution in [0.1, 0.15) is 12.5 Å². The second-order valence-electron chi connectivity index (χ2n) is 5.89. The molecule has 0 amide bonds. The Hall–Kier alpha value is -3.32. The lowest BCUT2D eigenvalue weighted by Gasteiger charge is -2.12. The van der Waals surface area contributed by atoms with Gasteiger partial charge in [-0.3, -0.25) is 5.43 Å². The van der Waals surface area contributed by atoms with E-state index in [0.717, 1.165) is 11.3 Å². The van der Waals surface area contributed by atoms with E-state index in [9.17, 15) is 8.42 Å². The number of ether oxygens (including phenoxy) is 1. The molecule has 0 aromatic heterocycles. The number of benzene rings is 3. The molecule has 144 valence electrons. The Kier molecular flexibility index (Phi) is 5.96. The van der Waals surface area contributed by atoms with Gasteiger partial charge in [0.15, 0.2) is 11.5 Å². The van der Waals surface area contributed by atoms with Crippen molar-refractivity contribution in [2.45, 2.75) is 11.8 Å². The molecule has 3 aromatic carbocycles. The fraction of sp³-hybridized carbons (Fsp3) is 0.0952. The number of nitrogens with one attached hydrogen (secondary N) is 1. The van der Waals surface area contributed by atoms with Crippen LogP contribution in [0.4, 0.5) is 5.69 Å². The van der Waals surface area contributed by atoms with Gasteiger partial charge in [0.05, 0.1) is 18.5 Å². The molecular formula is C21H20N2O4S. The first-order valence-electron chi connectivity index (χ1n) is 8.53. The summed E-state index contributed by atoms with van der Waals surface area (Å²) in [7, 11) is -2.50. The normalized spacial score (nSPS) is 11.7. The standard InChI is InChI=1S/C21H20N2O4S/c1-16(17-9-5-3-6-10-17)22-23-18-13-14-20(21(15-18)26-2)27-28(24,25)19-11-7-4-8-12-19/h3-15,23H,1-2H3. The molecule has 0 spiro atoms. The van der Waals surface area contributed by atoms with E-state index in [1.54, 1.807) is 30.3 Å². The third kappa shape index (κ3) is 4.69. The van der Waals surface area contributed by atoms with Crippen LogP contribution in [0.25, 0.3) is 0 Å². The highest BCUT2D eigenvalue weighted by atomic mass is 32.2. The fourth-order valence-corrected chi connectivity index (χ4v) is 3.41. The number of methoxy groups -OCH3 is 1. The zero-order chi connectivity index (χ0) is 20.0. The van der Waals surface area contributed by atoms with Gasteiger partial charge >= 0.3 is 10.1 Å². The smallest absolute Gasteiger partial charge is 0.339 e. The number of rotatable bonds is 7. The highest BCUT2D eigenvalue weighted by molar-refractivity contribution is 7.87. The summed E-state index contributed by atoms with van der Waals surface area (Å²) in [4.78, 5) is 0.0716. The van der Waals surface area contributed by atoms with Crippen LogP contribution in [0, 0.1) is 0 Å². The minimum absolute atomic E-state index is 0.0716. The third-order valence-corrected chi connectivity index (χ3v) is 5.19. The van der Waals surface area contributed by atoms with E-state index < -0.39 is 10.1 Å². The van der Waals surface area contributed by atoms with Crippen molar-refractivity contribution in [1.82, 2.24) is 0 Å². The summed E-state index contributed by atoms with van der Waals surface area (Å²) >= 11 is 0. The Morgan fingerprint density at radius 2 is 1.54 bits per heavy atom. The Morgan fingerprint density at radius 1 is 0.893 bits per heavy atom. The van der Waals surface area contributed by atoms with Gasteiger partial charge in [0, 0.05) is 6.07 Å². The fourth-order valence-electron chi connectivity index (χ4n) is 2.45. The van der Waals surface area contributed by atoms with E-state index in [0.29, 0.717) is 5.69 Å². The van der Waals surface area contributed by atoms with Gasteiger partial charge in [-0.2, -0.15) is 13.5 Å². The maximum atomic E-state index is 12.4. The number of hydrogen-bond donors (Lipinski definition) is 1. The van der Waals surface area contributed by atoms with E-state index in [1.807, 2.05) is 37.3 Å². The number of hydrazone groups is 1. The molecule has 0 aliphatic heterocycles. The molecule has 0 saturated carbocycles. The topological polar surface area (TPSA) is 77.0 Å². The van der Waals surface area contributed by atoms with Gasteiger partial charge in [-0.15, -0.1) is 0 Å². The molecule has 28 heavy (non-hydrogen) atoms. The molecule has 7 heteroatoms. The lowest BCUT2D eigenvalue weighted by atomic mass is 10.1. The number of nitrogens with zero attached hydrogens (tertiary/aromatic N) is 1. The molecular weight excluding hydrogens is 376 g/mol. The third-order valence-electron chi connectivity index (χ3n) is 3.94. The van der Waals surface area contributed by atoms with Crippen molar-refractivity contribution in [2.24, 2.45) is 5.10 Å². The minimum atomic E-state index is -3.95. The van der Waals surface area contributed by atoms with Gasteiger partial charge in [0.1, 0.15) is 4.90 Å². The van der Waals surface area contributed by atoms with Gasteiger partial charge in [-0.1, -0.05) is 48.5 Å². The SMILES string of the molecule is COc1cc(NN=C(C)c2ccccc2)ccc1OS(=O)(=O)c1ccccc1. The summed E-state index contributed by atoms with van der Waals surface area (Å²) in [6.45, 7) is 1.89. The second kappa shape index (κ2) is 8.58. The predicted molar refractivity (Wildman–Crippen MR) is 110 cm³/mol. The first-order chi connectivity index (χ1) is 13.5. The van der Waals surface area contributed by atoms with Crippen molar-refractivity contribution in [3.8, 4) is 11.5 Å². The Morgan fingerprint density at radius 3 is 2.18 bits per heavy atom. The van der Waals surface area contributed by atoms with Crippen molar-refractivity contribution in [1.29, 1.82) is 0 Å². The van der Waals surface area contributed by atoms with E-state index in [2.05, 4.69) is 10.5 Å². The Labute approximate surface area is 164 Å². The van der Waals surface area contributed by atoms with Gasteiger partial charge < -0.3 is 8.92 Å². The zero-order valence-corrected chi connectivity index (χ0v) is 16.3. The first kappa shape index (κ1) is 19.4. The van der Waals surface area contributed by atoms with Crippen LogP contribution >= 0.6 is 0 Å². The molecule has 0 heterocycles.